The molecule has 0 fully saturated rings. The summed E-state index contributed by atoms with van der Waals surface area (Å²) in [6.07, 6.45) is 4.80. The Morgan fingerprint density at radius 1 is 1.36 bits per heavy atom. The van der Waals surface area contributed by atoms with Crippen molar-refractivity contribution in [3.8, 4) is 0 Å². The Morgan fingerprint density at radius 2 is 2.07 bits per heavy atom. The van der Waals surface area contributed by atoms with Crippen LogP contribution in [0, 0.1) is 5.92 Å². The maximum atomic E-state index is 11.9. The molecule has 1 aliphatic carbocycles. The molecule has 2 nitrogen and oxygen atoms in total. The van der Waals surface area contributed by atoms with Gasteiger partial charge < -0.3 is 4.74 Å². The first kappa shape index (κ1) is 11.3. The molecular formula is C12H20O2. The van der Waals surface area contributed by atoms with Crippen molar-refractivity contribution in [2.45, 2.75) is 46.0 Å². The van der Waals surface area contributed by atoms with E-state index in [1.807, 2.05) is 0 Å². The fourth-order valence-corrected chi connectivity index (χ4v) is 2.12. The standard InChI is InChI=1S/C12H20O2/c1-4-6-9-8-11(14-3)10(7-5-2)12(9)13/h9H,4-8H2,1-3H3. The highest BCUT2D eigenvalue weighted by Crippen LogP contribution is 2.33. The van der Waals surface area contributed by atoms with Gasteiger partial charge in [-0.15, -0.1) is 0 Å². The Bertz CT molecular complexity index is 241. The van der Waals surface area contributed by atoms with Crippen LogP contribution in [0.4, 0.5) is 0 Å². The lowest BCUT2D eigenvalue weighted by Crippen LogP contribution is -2.09. The Balaban J connectivity index is 2.71. The van der Waals surface area contributed by atoms with Gasteiger partial charge in [0.2, 0.25) is 0 Å². The van der Waals surface area contributed by atoms with Crippen molar-refractivity contribution in [2.24, 2.45) is 5.92 Å². The zero-order valence-electron chi connectivity index (χ0n) is 9.43. The van der Waals surface area contributed by atoms with E-state index in [2.05, 4.69) is 13.8 Å². The number of ketones is 1. The Kier molecular flexibility index (Phi) is 4.18. The van der Waals surface area contributed by atoms with E-state index in [1.165, 1.54) is 0 Å². The zero-order chi connectivity index (χ0) is 10.6. The van der Waals surface area contributed by atoms with Crippen LogP contribution in [0.15, 0.2) is 11.3 Å². The minimum Gasteiger partial charge on any atom is -0.501 e. The quantitative estimate of drug-likeness (QED) is 0.675. The first-order valence-electron chi connectivity index (χ1n) is 5.54. The molecular weight excluding hydrogens is 176 g/mol. The molecule has 80 valence electrons. The number of hydrogen-bond acceptors (Lipinski definition) is 2. The topological polar surface area (TPSA) is 26.3 Å². The number of methoxy groups -OCH3 is 1. The molecule has 1 atom stereocenters. The lowest BCUT2D eigenvalue weighted by atomic mass is 9.97. The predicted octanol–water partition coefficient (Wildman–Crippen LogP) is 3.08. The molecule has 0 heterocycles. The smallest absolute Gasteiger partial charge is 0.165 e. The SMILES string of the molecule is CCCC1=C(OC)CC(CCC)C1=O. The van der Waals surface area contributed by atoms with Crippen LogP contribution in [0.1, 0.15) is 46.0 Å². The number of rotatable bonds is 5. The molecule has 0 saturated carbocycles. The van der Waals surface area contributed by atoms with E-state index >= 15 is 0 Å². The molecule has 2 heteroatoms. The maximum absolute atomic E-state index is 11.9. The van der Waals surface area contributed by atoms with Gasteiger partial charge in [0.1, 0.15) is 5.76 Å². The molecule has 0 N–H and O–H groups in total. The van der Waals surface area contributed by atoms with Gasteiger partial charge in [0, 0.05) is 17.9 Å². The molecule has 14 heavy (non-hydrogen) atoms. The van der Waals surface area contributed by atoms with Crippen LogP contribution in [-0.2, 0) is 9.53 Å². The van der Waals surface area contributed by atoms with Gasteiger partial charge in [0.25, 0.3) is 0 Å². The van der Waals surface area contributed by atoms with Gasteiger partial charge in [-0.2, -0.15) is 0 Å². The molecule has 0 spiro atoms. The second kappa shape index (κ2) is 5.18. The summed E-state index contributed by atoms with van der Waals surface area (Å²) in [5, 5.41) is 0. The summed E-state index contributed by atoms with van der Waals surface area (Å²) in [5.74, 6) is 1.48. The van der Waals surface area contributed by atoms with E-state index in [-0.39, 0.29) is 5.92 Å². The summed E-state index contributed by atoms with van der Waals surface area (Å²) in [6, 6.07) is 0. The molecule has 0 bridgehead atoms. The Hall–Kier alpha value is -0.790. The summed E-state index contributed by atoms with van der Waals surface area (Å²) < 4.78 is 5.28. The van der Waals surface area contributed by atoms with Crippen molar-refractivity contribution >= 4 is 5.78 Å². The van der Waals surface area contributed by atoms with Gasteiger partial charge in [0.15, 0.2) is 5.78 Å². The summed E-state index contributed by atoms with van der Waals surface area (Å²) in [4.78, 5) is 11.9. The molecule has 1 aliphatic rings. The molecule has 0 saturated heterocycles. The predicted molar refractivity (Wildman–Crippen MR) is 57.0 cm³/mol. The van der Waals surface area contributed by atoms with E-state index in [0.29, 0.717) is 5.78 Å². The molecule has 1 rings (SSSR count). The van der Waals surface area contributed by atoms with E-state index in [0.717, 1.165) is 43.4 Å². The van der Waals surface area contributed by atoms with Crippen LogP contribution < -0.4 is 0 Å². The third-order valence-electron chi connectivity index (χ3n) is 2.82. The molecule has 0 aromatic rings. The van der Waals surface area contributed by atoms with Crippen LogP contribution in [0.5, 0.6) is 0 Å². The molecule has 0 amide bonds. The molecule has 0 aliphatic heterocycles. The highest BCUT2D eigenvalue weighted by atomic mass is 16.5. The number of hydrogen-bond donors (Lipinski definition) is 0. The second-order valence-corrected chi connectivity index (χ2v) is 3.91. The van der Waals surface area contributed by atoms with Gasteiger partial charge >= 0.3 is 0 Å². The summed E-state index contributed by atoms with van der Waals surface area (Å²) in [6.45, 7) is 4.22. The van der Waals surface area contributed by atoms with E-state index in [9.17, 15) is 4.79 Å². The molecule has 0 aromatic heterocycles. The van der Waals surface area contributed by atoms with Crippen molar-refractivity contribution in [2.75, 3.05) is 7.11 Å². The molecule has 1 unspecified atom stereocenters. The highest BCUT2D eigenvalue weighted by molar-refractivity contribution is 6.00. The van der Waals surface area contributed by atoms with Gasteiger partial charge in [-0.05, 0) is 12.8 Å². The van der Waals surface area contributed by atoms with Crippen molar-refractivity contribution in [1.82, 2.24) is 0 Å². The second-order valence-electron chi connectivity index (χ2n) is 3.91. The average Bonchev–Trinajstić information content (AvgIpc) is 2.47. The van der Waals surface area contributed by atoms with Crippen LogP contribution >= 0.6 is 0 Å². The van der Waals surface area contributed by atoms with Crippen molar-refractivity contribution in [3.05, 3.63) is 11.3 Å². The summed E-state index contributed by atoms with van der Waals surface area (Å²) in [5.41, 5.74) is 0.952. The number of allylic oxidation sites excluding steroid dienone is 2. The van der Waals surface area contributed by atoms with E-state index in [1.54, 1.807) is 7.11 Å². The Morgan fingerprint density at radius 3 is 2.57 bits per heavy atom. The van der Waals surface area contributed by atoms with Crippen molar-refractivity contribution in [3.63, 3.8) is 0 Å². The lowest BCUT2D eigenvalue weighted by Gasteiger charge is -2.05. The number of ether oxygens (including phenoxy) is 1. The van der Waals surface area contributed by atoms with Gasteiger partial charge in [-0.25, -0.2) is 0 Å². The van der Waals surface area contributed by atoms with Crippen LogP contribution in [-0.4, -0.2) is 12.9 Å². The third-order valence-corrected chi connectivity index (χ3v) is 2.82. The monoisotopic (exact) mass is 196 g/mol. The fraction of sp³-hybridized carbons (Fsp3) is 0.750. The summed E-state index contributed by atoms with van der Waals surface area (Å²) in [7, 11) is 1.67. The van der Waals surface area contributed by atoms with Crippen LogP contribution in [0.25, 0.3) is 0 Å². The Labute approximate surface area is 86.3 Å². The normalized spacial score (nSPS) is 21.9. The van der Waals surface area contributed by atoms with Gasteiger partial charge in [0.05, 0.1) is 7.11 Å². The van der Waals surface area contributed by atoms with Crippen molar-refractivity contribution in [1.29, 1.82) is 0 Å². The first-order chi connectivity index (χ1) is 6.74. The minimum absolute atomic E-state index is 0.205. The van der Waals surface area contributed by atoms with Gasteiger partial charge in [-0.1, -0.05) is 26.7 Å². The average molecular weight is 196 g/mol. The lowest BCUT2D eigenvalue weighted by molar-refractivity contribution is -0.118. The van der Waals surface area contributed by atoms with Crippen LogP contribution in [0.3, 0.4) is 0 Å². The number of carbonyl (C=O) groups excluding carboxylic acids is 1. The van der Waals surface area contributed by atoms with E-state index < -0.39 is 0 Å². The third kappa shape index (κ3) is 2.17. The highest BCUT2D eigenvalue weighted by Gasteiger charge is 2.32. The minimum atomic E-state index is 0.205. The summed E-state index contributed by atoms with van der Waals surface area (Å²) >= 11 is 0. The maximum Gasteiger partial charge on any atom is 0.165 e. The molecule has 0 radical (unpaired) electrons. The van der Waals surface area contributed by atoms with Crippen molar-refractivity contribution < 1.29 is 9.53 Å². The fourth-order valence-electron chi connectivity index (χ4n) is 2.12. The molecule has 0 aromatic carbocycles. The zero-order valence-corrected chi connectivity index (χ0v) is 9.43. The first-order valence-corrected chi connectivity index (χ1v) is 5.54. The number of carbonyl (C=O) groups is 1. The number of Topliss-reactive ketones (excluding diaryl/α,β-unsaturated/α-hetero) is 1. The van der Waals surface area contributed by atoms with Gasteiger partial charge in [-0.3, -0.25) is 4.79 Å². The van der Waals surface area contributed by atoms with E-state index in [4.69, 9.17) is 4.74 Å². The van der Waals surface area contributed by atoms with Crippen LogP contribution in [0.2, 0.25) is 0 Å². The largest absolute Gasteiger partial charge is 0.501 e.